The molecule has 1 amide bonds. The molecule has 3 heterocycles. The third kappa shape index (κ3) is 4.14. The van der Waals surface area contributed by atoms with Crippen LogP contribution >= 0.6 is 0 Å². The maximum absolute atomic E-state index is 12.8. The normalized spacial score (nSPS) is 14.7. The van der Waals surface area contributed by atoms with Crippen molar-refractivity contribution in [1.29, 1.82) is 0 Å². The van der Waals surface area contributed by atoms with Crippen LogP contribution in [0.4, 0.5) is 5.88 Å². The molecule has 2 aromatic heterocycles. The number of carbonyl (C=O) groups excluding carboxylic acids is 1. The van der Waals surface area contributed by atoms with Crippen LogP contribution in [0.5, 0.6) is 0 Å². The number of amides is 1. The number of carbonyl (C=O) groups is 1. The molecule has 1 aromatic carbocycles. The molecule has 4 rings (SSSR count). The molecule has 1 saturated heterocycles. The first-order valence-electron chi connectivity index (χ1n) is 10.2. The maximum Gasteiger partial charge on any atom is 0.433 e. The molecular formula is C21H23N5O5. The summed E-state index contributed by atoms with van der Waals surface area (Å²) in [5, 5.41) is 15.4. The van der Waals surface area contributed by atoms with Crippen molar-refractivity contribution in [2.75, 3.05) is 13.1 Å². The highest BCUT2D eigenvalue weighted by atomic mass is 16.6. The number of rotatable bonds is 6. The minimum Gasteiger partial charge on any atom is -0.395 e. The summed E-state index contributed by atoms with van der Waals surface area (Å²) in [5.41, 5.74) is 0.868. The van der Waals surface area contributed by atoms with Crippen molar-refractivity contribution < 1.29 is 14.1 Å². The number of aromatic nitrogens is 3. The first kappa shape index (κ1) is 20.6. The fourth-order valence-electron chi connectivity index (χ4n) is 3.95. The molecule has 1 aliphatic heterocycles. The topological polar surface area (TPSA) is 116 Å². The van der Waals surface area contributed by atoms with E-state index >= 15 is 0 Å². The van der Waals surface area contributed by atoms with Gasteiger partial charge in [0.15, 0.2) is 5.76 Å². The molecular weight excluding hydrogens is 402 g/mol. The molecule has 162 valence electrons. The first-order valence-corrected chi connectivity index (χ1v) is 10.2. The van der Waals surface area contributed by atoms with E-state index in [-0.39, 0.29) is 23.3 Å². The van der Waals surface area contributed by atoms with Crippen molar-refractivity contribution in [3.05, 3.63) is 80.2 Å². The Morgan fingerprint density at radius 3 is 2.52 bits per heavy atom. The lowest BCUT2D eigenvalue weighted by atomic mass is 9.95. The molecule has 0 atom stereocenters. The zero-order chi connectivity index (χ0) is 22.0. The number of piperidine rings is 1. The Labute approximate surface area is 177 Å². The van der Waals surface area contributed by atoms with Crippen LogP contribution in [0.2, 0.25) is 0 Å². The third-order valence-electron chi connectivity index (χ3n) is 5.57. The summed E-state index contributed by atoms with van der Waals surface area (Å²) in [7, 11) is 0. The van der Waals surface area contributed by atoms with Crippen molar-refractivity contribution >= 4 is 11.8 Å². The van der Waals surface area contributed by atoms with Gasteiger partial charge in [0.1, 0.15) is 10.7 Å². The van der Waals surface area contributed by atoms with Gasteiger partial charge in [-0.1, -0.05) is 30.3 Å². The van der Waals surface area contributed by atoms with Gasteiger partial charge in [-0.25, -0.2) is 9.48 Å². The molecule has 0 saturated carbocycles. The number of furan rings is 1. The number of hydrogen-bond acceptors (Lipinski definition) is 6. The minimum absolute atomic E-state index is 0.0391. The Morgan fingerprint density at radius 2 is 1.90 bits per heavy atom. The number of nitro groups is 1. The highest BCUT2D eigenvalue weighted by Gasteiger charge is 2.30. The van der Waals surface area contributed by atoms with E-state index in [4.69, 9.17) is 4.42 Å². The molecule has 0 unspecified atom stereocenters. The lowest BCUT2D eigenvalue weighted by molar-refractivity contribution is -0.402. The van der Waals surface area contributed by atoms with Crippen LogP contribution in [0.1, 0.15) is 47.6 Å². The highest BCUT2D eigenvalue weighted by Crippen LogP contribution is 2.28. The van der Waals surface area contributed by atoms with E-state index in [1.807, 2.05) is 37.3 Å². The second-order valence-electron chi connectivity index (χ2n) is 7.49. The smallest absolute Gasteiger partial charge is 0.395 e. The second kappa shape index (κ2) is 8.58. The fraction of sp³-hybridized carbons (Fsp3) is 0.381. The van der Waals surface area contributed by atoms with E-state index in [1.165, 1.54) is 16.8 Å². The molecule has 31 heavy (non-hydrogen) atoms. The van der Waals surface area contributed by atoms with Gasteiger partial charge in [0.25, 0.3) is 5.91 Å². The van der Waals surface area contributed by atoms with Crippen LogP contribution in [0, 0.1) is 10.1 Å². The lowest BCUT2D eigenvalue weighted by Crippen LogP contribution is -2.38. The van der Waals surface area contributed by atoms with Crippen molar-refractivity contribution in [2.45, 2.75) is 38.8 Å². The van der Waals surface area contributed by atoms with Crippen molar-refractivity contribution in [2.24, 2.45) is 0 Å². The summed E-state index contributed by atoms with van der Waals surface area (Å²) in [4.78, 5) is 37.1. The zero-order valence-corrected chi connectivity index (χ0v) is 17.1. The van der Waals surface area contributed by atoms with Gasteiger partial charge in [-0.2, -0.15) is 5.10 Å². The monoisotopic (exact) mass is 425 g/mol. The van der Waals surface area contributed by atoms with Crippen molar-refractivity contribution in [3.63, 3.8) is 0 Å². The van der Waals surface area contributed by atoms with Crippen LogP contribution in [0.15, 0.2) is 51.7 Å². The Kier molecular flexibility index (Phi) is 5.70. The summed E-state index contributed by atoms with van der Waals surface area (Å²) in [6.45, 7) is 3.78. The van der Waals surface area contributed by atoms with Crippen LogP contribution in [-0.4, -0.2) is 43.2 Å². The van der Waals surface area contributed by atoms with Gasteiger partial charge in [0.2, 0.25) is 0 Å². The Hall–Kier alpha value is -3.69. The quantitative estimate of drug-likeness (QED) is 0.443. The standard InChI is InChI=1S/C21H23N5O5/c1-2-24-19(22-25(21(24)28)14-15-6-4-3-5-7-15)16-10-12-23(13-11-16)20(27)17-8-9-18(31-17)26(29)30/h3-9,16H,2,10-14H2,1H3. The Bertz CT molecular complexity index is 1140. The van der Waals surface area contributed by atoms with Crippen molar-refractivity contribution in [1.82, 2.24) is 19.2 Å². The molecule has 1 fully saturated rings. The lowest BCUT2D eigenvalue weighted by Gasteiger charge is -2.30. The zero-order valence-electron chi connectivity index (χ0n) is 17.1. The van der Waals surface area contributed by atoms with E-state index < -0.39 is 10.8 Å². The number of likely N-dealkylation sites (tertiary alicyclic amines) is 1. The molecule has 0 radical (unpaired) electrons. The minimum atomic E-state index is -0.668. The van der Waals surface area contributed by atoms with Gasteiger partial charge >= 0.3 is 11.6 Å². The largest absolute Gasteiger partial charge is 0.433 e. The summed E-state index contributed by atoms with van der Waals surface area (Å²) >= 11 is 0. The van der Waals surface area contributed by atoms with Gasteiger partial charge in [0.05, 0.1) is 12.6 Å². The molecule has 0 bridgehead atoms. The molecule has 10 nitrogen and oxygen atoms in total. The van der Waals surface area contributed by atoms with Gasteiger partial charge in [-0.3, -0.25) is 19.5 Å². The maximum atomic E-state index is 12.8. The molecule has 0 spiro atoms. The second-order valence-corrected chi connectivity index (χ2v) is 7.49. The van der Waals surface area contributed by atoms with Crippen LogP contribution in [0.25, 0.3) is 0 Å². The number of hydrogen-bond donors (Lipinski definition) is 0. The SMILES string of the molecule is CCn1c(C2CCN(C(=O)c3ccc([N+](=O)[O-])o3)CC2)nn(Cc2ccccc2)c1=O. The third-order valence-corrected chi connectivity index (χ3v) is 5.57. The molecule has 10 heteroatoms. The van der Waals surface area contributed by atoms with E-state index in [0.29, 0.717) is 39.0 Å². The predicted molar refractivity (Wildman–Crippen MR) is 111 cm³/mol. The Balaban J connectivity index is 1.46. The van der Waals surface area contributed by atoms with Gasteiger partial charge in [-0.05, 0) is 31.4 Å². The molecule has 3 aromatic rings. The van der Waals surface area contributed by atoms with Crippen LogP contribution in [0.3, 0.4) is 0 Å². The number of benzene rings is 1. The van der Waals surface area contributed by atoms with Gasteiger partial charge in [-0.15, -0.1) is 0 Å². The summed E-state index contributed by atoms with van der Waals surface area (Å²) in [5.74, 6) is -0.0604. The van der Waals surface area contributed by atoms with Crippen molar-refractivity contribution in [3.8, 4) is 0 Å². The first-order chi connectivity index (χ1) is 15.0. The average Bonchev–Trinajstić information content (AvgIpc) is 3.40. The summed E-state index contributed by atoms with van der Waals surface area (Å²) in [6.07, 6.45) is 1.30. The van der Waals surface area contributed by atoms with E-state index in [9.17, 15) is 19.7 Å². The van der Waals surface area contributed by atoms with Gasteiger partial charge < -0.3 is 9.32 Å². The number of nitrogens with zero attached hydrogens (tertiary/aromatic N) is 5. The fourth-order valence-corrected chi connectivity index (χ4v) is 3.95. The Morgan fingerprint density at radius 1 is 1.19 bits per heavy atom. The van der Waals surface area contributed by atoms with E-state index in [2.05, 4.69) is 5.10 Å². The highest BCUT2D eigenvalue weighted by molar-refractivity contribution is 5.91. The predicted octanol–water partition coefficient (Wildman–Crippen LogP) is 2.63. The summed E-state index contributed by atoms with van der Waals surface area (Å²) in [6, 6.07) is 12.2. The molecule has 0 aliphatic carbocycles. The summed E-state index contributed by atoms with van der Waals surface area (Å²) < 4.78 is 8.22. The van der Waals surface area contributed by atoms with E-state index in [1.54, 1.807) is 9.47 Å². The van der Waals surface area contributed by atoms with Crippen LogP contribution in [-0.2, 0) is 13.1 Å². The van der Waals surface area contributed by atoms with E-state index in [0.717, 1.165) is 11.4 Å². The van der Waals surface area contributed by atoms with Gasteiger partial charge in [0, 0.05) is 25.6 Å². The van der Waals surface area contributed by atoms with Crippen LogP contribution < -0.4 is 5.69 Å². The molecule has 1 aliphatic rings. The average molecular weight is 425 g/mol. The molecule has 0 N–H and O–H groups in total.